The fraction of sp³-hybridized carbons (Fsp3) is 0.333. The maximum absolute atomic E-state index is 12.4. The number of amides is 1. The summed E-state index contributed by atoms with van der Waals surface area (Å²) in [6.45, 7) is 2.30. The molecule has 4 aromatic rings. The molecule has 0 saturated carbocycles. The largest absolute Gasteiger partial charge is 0.495 e. The normalized spacial score (nSPS) is 16.0. The number of aryl methyl sites for hydroxylation is 1. The van der Waals surface area contributed by atoms with Gasteiger partial charge in [0.05, 0.1) is 23.9 Å². The van der Waals surface area contributed by atoms with Crippen LogP contribution in [-0.2, 0) is 17.6 Å². The third-order valence-corrected chi connectivity index (χ3v) is 7.49. The molecule has 0 saturated heterocycles. The molecule has 30 heavy (non-hydrogen) atoms. The number of hydrogen-bond acceptors (Lipinski definition) is 7. The van der Waals surface area contributed by atoms with E-state index in [0.29, 0.717) is 22.5 Å². The second-order valence-electron chi connectivity index (χ2n) is 7.49. The van der Waals surface area contributed by atoms with Crippen LogP contribution in [0.5, 0.6) is 5.75 Å². The zero-order valence-corrected chi connectivity index (χ0v) is 18.3. The van der Waals surface area contributed by atoms with Crippen molar-refractivity contribution in [2.24, 2.45) is 5.92 Å². The summed E-state index contributed by atoms with van der Waals surface area (Å²) < 4.78 is 7.18. The molecule has 1 atom stereocenters. The Hall–Kier alpha value is -2.65. The smallest absolute Gasteiger partial charge is 0.234 e. The number of methoxy groups -OCH3 is 1. The second kappa shape index (κ2) is 7.88. The fourth-order valence-corrected chi connectivity index (χ4v) is 5.93. The lowest BCUT2D eigenvalue weighted by molar-refractivity contribution is -0.113. The van der Waals surface area contributed by atoms with Crippen molar-refractivity contribution in [2.45, 2.75) is 31.3 Å². The van der Waals surface area contributed by atoms with Crippen molar-refractivity contribution in [1.29, 1.82) is 0 Å². The average Bonchev–Trinajstić information content (AvgIpc) is 3.32. The highest BCUT2D eigenvalue weighted by Gasteiger charge is 2.24. The zero-order chi connectivity index (χ0) is 20.7. The highest BCUT2D eigenvalue weighted by Crippen LogP contribution is 2.39. The molecule has 0 radical (unpaired) electrons. The number of hydrogen-bond donors (Lipinski definition) is 1. The Morgan fingerprint density at radius 3 is 3.10 bits per heavy atom. The summed E-state index contributed by atoms with van der Waals surface area (Å²) in [5.74, 6) is 1.44. The van der Waals surface area contributed by atoms with Gasteiger partial charge in [-0.25, -0.2) is 4.98 Å². The van der Waals surface area contributed by atoms with Crippen LogP contribution in [0.3, 0.4) is 0 Å². The first-order valence-electron chi connectivity index (χ1n) is 9.83. The molecular weight excluding hydrogens is 418 g/mol. The minimum atomic E-state index is -0.128. The molecule has 0 fully saturated rings. The fourth-order valence-electron chi connectivity index (χ4n) is 3.88. The number of thioether (sulfide) groups is 1. The molecule has 1 amide bonds. The average molecular weight is 440 g/mol. The zero-order valence-electron chi connectivity index (χ0n) is 16.7. The third kappa shape index (κ3) is 3.41. The first-order valence-corrected chi connectivity index (χ1v) is 11.6. The molecule has 0 aliphatic heterocycles. The summed E-state index contributed by atoms with van der Waals surface area (Å²) in [5.41, 5.74) is 2.86. The summed E-state index contributed by atoms with van der Waals surface area (Å²) in [5, 5.41) is 13.5. The van der Waals surface area contributed by atoms with Gasteiger partial charge in [-0.1, -0.05) is 30.8 Å². The molecule has 9 heteroatoms. The topological polar surface area (TPSA) is 81.4 Å². The Kier molecular flexibility index (Phi) is 5.08. The Bertz CT molecular complexity index is 1250. The van der Waals surface area contributed by atoms with E-state index < -0.39 is 0 Å². The van der Waals surface area contributed by atoms with Crippen molar-refractivity contribution in [3.63, 3.8) is 0 Å². The van der Waals surface area contributed by atoms with Crippen molar-refractivity contribution in [2.75, 3.05) is 18.2 Å². The van der Waals surface area contributed by atoms with Crippen molar-refractivity contribution in [1.82, 2.24) is 19.6 Å². The van der Waals surface area contributed by atoms with Crippen LogP contribution in [0.1, 0.15) is 23.8 Å². The molecule has 0 unspecified atom stereocenters. The van der Waals surface area contributed by atoms with Gasteiger partial charge in [0.15, 0.2) is 10.8 Å². The maximum Gasteiger partial charge on any atom is 0.234 e. The lowest BCUT2D eigenvalue weighted by Gasteiger charge is -2.17. The number of anilines is 1. The van der Waals surface area contributed by atoms with Crippen LogP contribution in [0.15, 0.2) is 35.7 Å². The monoisotopic (exact) mass is 439 g/mol. The van der Waals surface area contributed by atoms with Gasteiger partial charge in [0, 0.05) is 4.88 Å². The van der Waals surface area contributed by atoms with E-state index in [9.17, 15) is 4.79 Å². The van der Waals surface area contributed by atoms with Gasteiger partial charge in [0.25, 0.3) is 0 Å². The molecule has 5 rings (SSSR count). The van der Waals surface area contributed by atoms with E-state index in [-0.39, 0.29) is 11.7 Å². The molecule has 1 aliphatic carbocycles. The Balaban J connectivity index is 1.38. The van der Waals surface area contributed by atoms with Crippen LogP contribution >= 0.6 is 23.1 Å². The number of carbonyl (C=O) groups is 1. The SMILES string of the molecule is COc1ccccc1NC(=O)CSc1nnc2c3c4c(sc3ncn12)C[C@@H](C)CC4. The van der Waals surface area contributed by atoms with Gasteiger partial charge in [-0.15, -0.1) is 21.5 Å². The summed E-state index contributed by atoms with van der Waals surface area (Å²) in [6.07, 6.45) is 5.14. The Morgan fingerprint density at radius 1 is 1.37 bits per heavy atom. The number of rotatable bonds is 5. The molecule has 7 nitrogen and oxygen atoms in total. The number of fused-ring (bicyclic) bond motifs is 5. The maximum atomic E-state index is 12.4. The quantitative estimate of drug-likeness (QED) is 0.469. The summed E-state index contributed by atoms with van der Waals surface area (Å²) >= 11 is 3.12. The first kappa shape index (κ1) is 19.3. The van der Waals surface area contributed by atoms with Gasteiger partial charge < -0.3 is 10.1 Å². The summed E-state index contributed by atoms with van der Waals surface area (Å²) in [7, 11) is 1.58. The van der Waals surface area contributed by atoms with Crippen LogP contribution in [0, 0.1) is 5.92 Å². The highest BCUT2D eigenvalue weighted by atomic mass is 32.2. The second-order valence-corrected chi connectivity index (χ2v) is 9.52. The van der Waals surface area contributed by atoms with Crippen LogP contribution < -0.4 is 10.1 Å². The molecular formula is C21H21N5O2S2. The molecule has 1 N–H and O–H groups in total. The van der Waals surface area contributed by atoms with Gasteiger partial charge in [-0.05, 0) is 42.9 Å². The first-order chi connectivity index (χ1) is 14.6. The molecule has 1 aromatic carbocycles. The number of carbonyl (C=O) groups excluding carboxylic acids is 1. The van der Waals surface area contributed by atoms with Gasteiger partial charge in [0.1, 0.15) is 16.9 Å². The lowest BCUT2D eigenvalue weighted by Crippen LogP contribution is -2.15. The molecule has 0 bridgehead atoms. The van der Waals surface area contributed by atoms with Crippen LogP contribution in [0.2, 0.25) is 0 Å². The predicted octanol–water partition coefficient (Wildman–Crippen LogP) is 4.20. The van der Waals surface area contributed by atoms with E-state index in [1.54, 1.807) is 24.8 Å². The standard InChI is InChI=1S/C21H21N5O2S2/c1-12-7-8-13-16(9-12)30-20-18(13)19-24-25-21(26(19)11-22-20)29-10-17(27)23-14-5-3-4-6-15(14)28-2/h3-6,11-12H,7-10H2,1-2H3,(H,23,27)/t12-/m0/s1. The van der Waals surface area contributed by atoms with Crippen molar-refractivity contribution in [3.05, 3.63) is 41.0 Å². The van der Waals surface area contributed by atoms with E-state index in [0.717, 1.165) is 28.7 Å². The van der Waals surface area contributed by atoms with Gasteiger partial charge in [-0.2, -0.15) is 0 Å². The number of nitrogens with one attached hydrogen (secondary N) is 1. The summed E-state index contributed by atoms with van der Waals surface area (Å²) in [4.78, 5) is 19.6. The lowest BCUT2D eigenvalue weighted by atomic mass is 9.89. The minimum Gasteiger partial charge on any atom is -0.495 e. The van der Waals surface area contributed by atoms with E-state index >= 15 is 0 Å². The Labute approximate surface area is 181 Å². The number of para-hydroxylation sites is 2. The van der Waals surface area contributed by atoms with Crippen LogP contribution in [0.25, 0.3) is 15.9 Å². The Morgan fingerprint density at radius 2 is 2.23 bits per heavy atom. The molecule has 3 heterocycles. The highest BCUT2D eigenvalue weighted by molar-refractivity contribution is 7.99. The third-order valence-electron chi connectivity index (χ3n) is 5.39. The van der Waals surface area contributed by atoms with Gasteiger partial charge in [-0.3, -0.25) is 9.20 Å². The number of nitrogens with zero attached hydrogens (tertiary/aromatic N) is 4. The van der Waals surface area contributed by atoms with E-state index in [4.69, 9.17) is 4.74 Å². The van der Waals surface area contributed by atoms with E-state index in [1.165, 1.54) is 28.6 Å². The minimum absolute atomic E-state index is 0.128. The van der Waals surface area contributed by atoms with Crippen molar-refractivity contribution >= 4 is 50.6 Å². The van der Waals surface area contributed by atoms with E-state index in [2.05, 4.69) is 27.4 Å². The van der Waals surface area contributed by atoms with Crippen LogP contribution in [0.4, 0.5) is 5.69 Å². The van der Waals surface area contributed by atoms with Gasteiger partial charge in [0.2, 0.25) is 5.91 Å². The number of aromatic nitrogens is 4. The summed E-state index contributed by atoms with van der Waals surface area (Å²) in [6, 6.07) is 7.35. The van der Waals surface area contributed by atoms with Crippen LogP contribution in [-0.4, -0.2) is 38.4 Å². The van der Waals surface area contributed by atoms with Gasteiger partial charge >= 0.3 is 0 Å². The van der Waals surface area contributed by atoms with Crippen molar-refractivity contribution < 1.29 is 9.53 Å². The van der Waals surface area contributed by atoms with Crippen molar-refractivity contribution in [3.8, 4) is 5.75 Å². The molecule has 154 valence electrons. The predicted molar refractivity (Wildman–Crippen MR) is 120 cm³/mol. The molecule has 3 aromatic heterocycles. The molecule has 1 aliphatic rings. The number of ether oxygens (including phenoxy) is 1. The van der Waals surface area contributed by atoms with E-state index in [1.807, 2.05) is 28.7 Å². The number of benzene rings is 1. The number of thiophene rings is 1. The molecule has 0 spiro atoms.